The summed E-state index contributed by atoms with van der Waals surface area (Å²) in [5, 5.41) is 5.84. The Morgan fingerprint density at radius 2 is 1.79 bits per heavy atom. The Labute approximate surface area is 152 Å². The molecule has 2 rings (SSSR count). The minimum atomic E-state index is -0.00992. The number of carbonyl (C=O) groups excluding carboxylic acids is 2. The molecule has 3 N–H and O–H groups in total. The molecule has 0 bridgehead atoms. The van der Waals surface area contributed by atoms with Crippen molar-refractivity contribution >= 4 is 27.7 Å². The van der Waals surface area contributed by atoms with Crippen molar-refractivity contribution in [3.63, 3.8) is 0 Å². The molecular weight excluding hydrogens is 370 g/mol. The summed E-state index contributed by atoms with van der Waals surface area (Å²) in [5.74, 6) is 0.0395. The van der Waals surface area contributed by atoms with E-state index in [0.29, 0.717) is 25.8 Å². The Morgan fingerprint density at radius 3 is 2.50 bits per heavy atom. The number of carbonyl (C=O) groups is 2. The van der Waals surface area contributed by atoms with Gasteiger partial charge in [0.2, 0.25) is 11.8 Å². The van der Waals surface area contributed by atoms with E-state index < -0.39 is 0 Å². The maximum Gasteiger partial charge on any atom is 0.220 e. The number of nitrogens with one attached hydrogen (secondary N) is 3. The molecule has 132 valence electrons. The number of halogens is 1. The van der Waals surface area contributed by atoms with Crippen LogP contribution in [0.1, 0.15) is 37.7 Å². The quantitative estimate of drug-likeness (QED) is 0.583. The Bertz CT molecular complexity index is 545. The molecule has 0 aromatic heterocycles. The highest BCUT2D eigenvalue weighted by molar-refractivity contribution is 9.10. The molecule has 1 aliphatic rings. The van der Waals surface area contributed by atoms with E-state index in [1.807, 2.05) is 24.3 Å². The Morgan fingerprint density at radius 1 is 1.08 bits per heavy atom. The molecule has 0 aliphatic carbocycles. The lowest BCUT2D eigenvalue weighted by Crippen LogP contribution is -3.10. The summed E-state index contributed by atoms with van der Waals surface area (Å²) in [6.45, 7) is 4.73. The lowest BCUT2D eigenvalue weighted by Gasteiger charge is -2.12. The van der Waals surface area contributed by atoms with Crippen LogP contribution in [0.3, 0.4) is 0 Å². The minimum Gasteiger partial charge on any atom is -0.352 e. The number of hydrogen-bond donors (Lipinski definition) is 3. The van der Waals surface area contributed by atoms with Crippen LogP contribution >= 0.6 is 15.9 Å². The second-order valence-corrected chi connectivity index (χ2v) is 7.23. The number of quaternary nitrogens is 1. The lowest BCUT2D eigenvalue weighted by molar-refractivity contribution is -0.886. The Hall–Kier alpha value is -1.40. The van der Waals surface area contributed by atoms with Gasteiger partial charge in [-0.3, -0.25) is 9.59 Å². The van der Waals surface area contributed by atoms with Crippen molar-refractivity contribution in [1.82, 2.24) is 10.6 Å². The van der Waals surface area contributed by atoms with Crippen molar-refractivity contribution in [2.45, 2.75) is 38.6 Å². The SMILES string of the molecule is O=C(CCCC(=O)NCc1cccc(Br)c1)NCC[NH+]1CCCC1. The van der Waals surface area contributed by atoms with Gasteiger partial charge in [-0.1, -0.05) is 28.1 Å². The third-order valence-corrected chi connectivity index (χ3v) is 4.79. The smallest absolute Gasteiger partial charge is 0.220 e. The van der Waals surface area contributed by atoms with Crippen molar-refractivity contribution in [2.24, 2.45) is 0 Å². The average Bonchev–Trinajstić information content (AvgIpc) is 3.06. The van der Waals surface area contributed by atoms with Crippen molar-refractivity contribution in [3.05, 3.63) is 34.3 Å². The van der Waals surface area contributed by atoms with Crippen molar-refractivity contribution in [3.8, 4) is 0 Å². The van der Waals surface area contributed by atoms with E-state index in [-0.39, 0.29) is 11.8 Å². The third kappa shape index (κ3) is 7.45. The minimum absolute atomic E-state index is 0.00992. The van der Waals surface area contributed by atoms with Gasteiger partial charge in [0.05, 0.1) is 26.2 Å². The molecule has 0 unspecified atom stereocenters. The Balaban J connectivity index is 1.51. The first-order valence-electron chi connectivity index (χ1n) is 8.75. The van der Waals surface area contributed by atoms with Gasteiger partial charge < -0.3 is 15.5 Å². The fourth-order valence-corrected chi connectivity index (χ4v) is 3.38. The first kappa shape index (κ1) is 18.9. The van der Waals surface area contributed by atoms with E-state index >= 15 is 0 Å². The van der Waals surface area contributed by atoms with Gasteiger partial charge in [-0.05, 0) is 24.1 Å². The van der Waals surface area contributed by atoms with Crippen LogP contribution in [0, 0.1) is 0 Å². The summed E-state index contributed by atoms with van der Waals surface area (Å²) >= 11 is 3.41. The highest BCUT2D eigenvalue weighted by Gasteiger charge is 2.14. The lowest BCUT2D eigenvalue weighted by atomic mass is 10.2. The summed E-state index contributed by atoms with van der Waals surface area (Å²) in [4.78, 5) is 25.2. The highest BCUT2D eigenvalue weighted by Crippen LogP contribution is 2.11. The second-order valence-electron chi connectivity index (χ2n) is 6.32. The first-order valence-corrected chi connectivity index (χ1v) is 9.54. The molecule has 1 saturated heterocycles. The van der Waals surface area contributed by atoms with E-state index in [4.69, 9.17) is 0 Å². The largest absolute Gasteiger partial charge is 0.352 e. The van der Waals surface area contributed by atoms with Crippen LogP contribution in [0.2, 0.25) is 0 Å². The number of benzene rings is 1. The van der Waals surface area contributed by atoms with Gasteiger partial charge >= 0.3 is 0 Å². The van der Waals surface area contributed by atoms with Crippen LogP contribution in [0.15, 0.2) is 28.7 Å². The van der Waals surface area contributed by atoms with Gasteiger partial charge in [0.15, 0.2) is 0 Å². The molecule has 2 amide bonds. The van der Waals surface area contributed by atoms with Crippen molar-refractivity contribution < 1.29 is 14.5 Å². The van der Waals surface area contributed by atoms with Gasteiger partial charge in [-0.2, -0.15) is 0 Å². The summed E-state index contributed by atoms with van der Waals surface area (Å²) in [6.07, 6.45) is 4.00. The molecule has 0 radical (unpaired) electrons. The summed E-state index contributed by atoms with van der Waals surface area (Å²) < 4.78 is 1.00. The van der Waals surface area contributed by atoms with E-state index in [9.17, 15) is 9.59 Å². The van der Waals surface area contributed by atoms with Gasteiger partial charge in [0, 0.05) is 36.7 Å². The van der Waals surface area contributed by atoms with Gasteiger partial charge in [0.1, 0.15) is 0 Å². The number of rotatable bonds is 9. The van der Waals surface area contributed by atoms with Crippen LogP contribution in [0.5, 0.6) is 0 Å². The molecule has 1 fully saturated rings. The van der Waals surface area contributed by atoms with Crippen molar-refractivity contribution in [1.29, 1.82) is 0 Å². The van der Waals surface area contributed by atoms with Crippen LogP contribution in [0.4, 0.5) is 0 Å². The second kappa shape index (κ2) is 10.5. The standard InChI is InChI=1S/C18H26BrN3O2/c19-16-6-3-5-15(13-16)14-21-18(24)8-4-7-17(23)20-9-12-22-10-1-2-11-22/h3,5-6,13H,1-2,4,7-12,14H2,(H,20,23)(H,21,24)/p+1. The van der Waals surface area contributed by atoms with E-state index in [1.54, 1.807) is 4.90 Å². The molecule has 5 nitrogen and oxygen atoms in total. The van der Waals surface area contributed by atoms with Gasteiger partial charge in [-0.25, -0.2) is 0 Å². The zero-order chi connectivity index (χ0) is 17.2. The van der Waals surface area contributed by atoms with Crippen LogP contribution in [-0.2, 0) is 16.1 Å². The summed E-state index contributed by atoms with van der Waals surface area (Å²) in [7, 11) is 0. The molecule has 0 atom stereocenters. The average molecular weight is 397 g/mol. The molecule has 1 aliphatic heterocycles. The van der Waals surface area contributed by atoms with Gasteiger partial charge in [-0.15, -0.1) is 0 Å². The molecule has 6 heteroatoms. The number of amides is 2. The maximum atomic E-state index is 11.8. The highest BCUT2D eigenvalue weighted by atomic mass is 79.9. The van der Waals surface area contributed by atoms with E-state index in [2.05, 4.69) is 26.6 Å². The first-order chi connectivity index (χ1) is 11.6. The molecule has 0 saturated carbocycles. The summed E-state index contributed by atoms with van der Waals surface area (Å²) in [6, 6.07) is 7.85. The monoisotopic (exact) mass is 396 g/mol. The van der Waals surface area contributed by atoms with Crippen LogP contribution in [0.25, 0.3) is 0 Å². The molecule has 1 aromatic rings. The zero-order valence-electron chi connectivity index (χ0n) is 14.1. The van der Waals surface area contributed by atoms with E-state index in [1.165, 1.54) is 25.9 Å². The molecular formula is C18H27BrN3O2+. The van der Waals surface area contributed by atoms with Gasteiger partial charge in [0.25, 0.3) is 0 Å². The third-order valence-electron chi connectivity index (χ3n) is 4.30. The van der Waals surface area contributed by atoms with E-state index in [0.717, 1.165) is 23.1 Å². The van der Waals surface area contributed by atoms with Crippen LogP contribution in [-0.4, -0.2) is 38.0 Å². The zero-order valence-corrected chi connectivity index (χ0v) is 15.7. The predicted octanol–water partition coefficient (Wildman–Crippen LogP) is 1.03. The number of likely N-dealkylation sites (tertiary alicyclic amines) is 1. The number of hydrogen-bond acceptors (Lipinski definition) is 2. The molecule has 0 spiro atoms. The maximum absolute atomic E-state index is 11.8. The molecule has 24 heavy (non-hydrogen) atoms. The Kier molecular flexibility index (Phi) is 8.25. The normalized spacial score (nSPS) is 14.5. The fraction of sp³-hybridized carbons (Fsp3) is 0.556. The molecule has 1 heterocycles. The predicted molar refractivity (Wildman–Crippen MR) is 97.6 cm³/mol. The molecule has 1 aromatic carbocycles. The van der Waals surface area contributed by atoms with Crippen molar-refractivity contribution in [2.75, 3.05) is 26.2 Å². The topological polar surface area (TPSA) is 62.6 Å². The fourth-order valence-electron chi connectivity index (χ4n) is 2.94. The van der Waals surface area contributed by atoms with Crippen LogP contribution < -0.4 is 15.5 Å². The summed E-state index contributed by atoms with van der Waals surface area (Å²) in [5.41, 5.74) is 1.06.